The molecule has 2 aromatic carbocycles. The van der Waals surface area contributed by atoms with Crippen LogP contribution in [0.1, 0.15) is 5.56 Å². The molecule has 4 nitrogen and oxygen atoms in total. The van der Waals surface area contributed by atoms with Gasteiger partial charge in [0, 0.05) is 34.0 Å². The fourth-order valence-corrected chi connectivity index (χ4v) is 2.90. The summed E-state index contributed by atoms with van der Waals surface area (Å²) in [5, 5.41) is 1.86. The molecular formula is C19H14O4. The molecule has 4 heteroatoms. The van der Waals surface area contributed by atoms with Crippen LogP contribution < -0.4 is 10.4 Å². The van der Waals surface area contributed by atoms with Gasteiger partial charge in [0.05, 0.1) is 13.4 Å². The number of hydrogen-bond donors (Lipinski definition) is 0. The highest BCUT2D eigenvalue weighted by molar-refractivity contribution is 6.02. The third-order valence-corrected chi connectivity index (χ3v) is 4.03. The minimum atomic E-state index is -0.402. The maximum absolute atomic E-state index is 12.0. The first-order valence-corrected chi connectivity index (χ1v) is 7.26. The number of methoxy groups -OCH3 is 1. The molecule has 0 saturated heterocycles. The van der Waals surface area contributed by atoms with Gasteiger partial charge >= 0.3 is 5.63 Å². The van der Waals surface area contributed by atoms with Crippen molar-refractivity contribution in [2.75, 3.05) is 7.11 Å². The van der Waals surface area contributed by atoms with E-state index in [9.17, 15) is 4.79 Å². The summed E-state index contributed by atoms with van der Waals surface area (Å²) in [6.07, 6.45) is 1.70. The Kier molecular flexibility index (Phi) is 2.98. The van der Waals surface area contributed by atoms with E-state index in [0.29, 0.717) is 16.9 Å². The predicted molar refractivity (Wildman–Crippen MR) is 89.0 cm³/mol. The summed E-state index contributed by atoms with van der Waals surface area (Å²) < 4.78 is 16.3. The average Bonchev–Trinajstić information content (AvgIpc) is 2.92. The number of ether oxygens (including phenoxy) is 1. The number of furan rings is 1. The lowest BCUT2D eigenvalue weighted by Gasteiger charge is -2.10. The molecule has 0 aliphatic carbocycles. The van der Waals surface area contributed by atoms with Crippen molar-refractivity contribution in [3.63, 3.8) is 0 Å². The van der Waals surface area contributed by atoms with Gasteiger partial charge in [0.15, 0.2) is 0 Å². The van der Waals surface area contributed by atoms with Crippen molar-refractivity contribution in [3.05, 3.63) is 64.7 Å². The molecule has 0 amide bonds. The lowest BCUT2D eigenvalue weighted by molar-refractivity contribution is 0.416. The van der Waals surface area contributed by atoms with Gasteiger partial charge in [-0.2, -0.15) is 0 Å². The van der Waals surface area contributed by atoms with Gasteiger partial charge in [-0.05, 0) is 24.6 Å². The van der Waals surface area contributed by atoms with E-state index >= 15 is 0 Å². The third kappa shape index (κ3) is 2.11. The first-order valence-electron chi connectivity index (χ1n) is 7.26. The molecule has 4 rings (SSSR count). The molecule has 0 atom stereocenters. The summed E-state index contributed by atoms with van der Waals surface area (Å²) in [5.41, 5.74) is 3.49. The van der Waals surface area contributed by atoms with E-state index in [1.807, 2.05) is 37.3 Å². The van der Waals surface area contributed by atoms with Crippen molar-refractivity contribution in [2.24, 2.45) is 0 Å². The highest BCUT2D eigenvalue weighted by atomic mass is 16.5. The van der Waals surface area contributed by atoms with E-state index in [4.69, 9.17) is 13.6 Å². The van der Waals surface area contributed by atoms with E-state index in [2.05, 4.69) is 0 Å². The maximum atomic E-state index is 12.0. The Labute approximate surface area is 131 Å². The van der Waals surface area contributed by atoms with Crippen LogP contribution in [0.5, 0.6) is 5.75 Å². The van der Waals surface area contributed by atoms with Gasteiger partial charge in [-0.15, -0.1) is 0 Å². The number of rotatable bonds is 2. The molecule has 114 valence electrons. The fraction of sp³-hybridized carbons (Fsp3) is 0.105. The minimum absolute atomic E-state index is 0.402. The number of aryl methyl sites for hydroxylation is 1. The lowest BCUT2D eigenvalue weighted by Crippen LogP contribution is -1.99. The second-order valence-electron chi connectivity index (χ2n) is 5.44. The molecule has 0 bridgehead atoms. The highest BCUT2D eigenvalue weighted by Crippen LogP contribution is 2.36. The molecule has 0 spiro atoms. The van der Waals surface area contributed by atoms with Gasteiger partial charge in [0.2, 0.25) is 0 Å². The van der Waals surface area contributed by atoms with Crippen LogP contribution in [0.4, 0.5) is 0 Å². The smallest absolute Gasteiger partial charge is 0.336 e. The SMILES string of the molecule is COc1ccccc1-c1cc(=O)oc2cc3occ(C)c3cc12. The molecule has 0 fully saturated rings. The third-order valence-electron chi connectivity index (χ3n) is 4.03. The molecular weight excluding hydrogens is 292 g/mol. The van der Waals surface area contributed by atoms with Crippen molar-refractivity contribution < 1.29 is 13.6 Å². The number of para-hydroxylation sites is 1. The number of fused-ring (bicyclic) bond motifs is 2. The molecule has 0 radical (unpaired) electrons. The summed E-state index contributed by atoms with van der Waals surface area (Å²) in [5.74, 6) is 0.711. The Balaban J connectivity index is 2.15. The van der Waals surface area contributed by atoms with Gasteiger partial charge < -0.3 is 13.6 Å². The van der Waals surface area contributed by atoms with Crippen LogP contribution in [-0.4, -0.2) is 7.11 Å². The second-order valence-corrected chi connectivity index (χ2v) is 5.44. The van der Waals surface area contributed by atoms with Crippen LogP contribution in [0.25, 0.3) is 33.1 Å². The maximum Gasteiger partial charge on any atom is 0.336 e. The minimum Gasteiger partial charge on any atom is -0.496 e. The number of benzene rings is 2. The Morgan fingerprint density at radius 2 is 1.78 bits per heavy atom. The molecule has 0 aliphatic rings. The molecule has 0 saturated carbocycles. The number of hydrogen-bond acceptors (Lipinski definition) is 4. The van der Waals surface area contributed by atoms with Crippen LogP contribution in [0.3, 0.4) is 0 Å². The molecule has 23 heavy (non-hydrogen) atoms. The van der Waals surface area contributed by atoms with Crippen LogP contribution in [0.2, 0.25) is 0 Å². The van der Waals surface area contributed by atoms with Gasteiger partial charge in [0.25, 0.3) is 0 Å². The summed E-state index contributed by atoms with van der Waals surface area (Å²) >= 11 is 0. The van der Waals surface area contributed by atoms with Crippen LogP contribution in [0, 0.1) is 6.92 Å². The summed E-state index contributed by atoms with van der Waals surface area (Å²) in [6.45, 7) is 1.99. The van der Waals surface area contributed by atoms with E-state index < -0.39 is 5.63 Å². The molecule has 2 heterocycles. The standard InChI is InChI=1S/C19H14O4/c1-11-10-22-17-9-18-15(7-13(11)17)14(8-19(20)23-18)12-5-3-4-6-16(12)21-2/h3-10H,1-2H3. The summed E-state index contributed by atoms with van der Waals surface area (Å²) in [4.78, 5) is 12.0. The normalized spacial score (nSPS) is 11.2. The predicted octanol–water partition coefficient (Wildman–Crippen LogP) is 4.52. The topological polar surface area (TPSA) is 52.6 Å². The van der Waals surface area contributed by atoms with E-state index in [1.165, 1.54) is 6.07 Å². The molecule has 0 N–H and O–H groups in total. The summed E-state index contributed by atoms with van der Waals surface area (Å²) in [6, 6.07) is 12.9. The Morgan fingerprint density at radius 3 is 2.61 bits per heavy atom. The first-order chi connectivity index (χ1) is 11.2. The summed E-state index contributed by atoms with van der Waals surface area (Å²) in [7, 11) is 1.62. The lowest BCUT2D eigenvalue weighted by atomic mass is 9.99. The molecule has 4 aromatic rings. The monoisotopic (exact) mass is 306 g/mol. The highest BCUT2D eigenvalue weighted by Gasteiger charge is 2.14. The van der Waals surface area contributed by atoms with Crippen molar-refractivity contribution in [3.8, 4) is 16.9 Å². The van der Waals surface area contributed by atoms with E-state index in [1.54, 1.807) is 19.4 Å². The first kappa shape index (κ1) is 13.6. The quantitative estimate of drug-likeness (QED) is 0.511. The fourth-order valence-electron chi connectivity index (χ4n) is 2.90. The van der Waals surface area contributed by atoms with Crippen LogP contribution in [-0.2, 0) is 0 Å². The van der Waals surface area contributed by atoms with Crippen LogP contribution >= 0.6 is 0 Å². The van der Waals surface area contributed by atoms with E-state index in [-0.39, 0.29) is 0 Å². The van der Waals surface area contributed by atoms with Gasteiger partial charge in [-0.1, -0.05) is 18.2 Å². The van der Waals surface area contributed by atoms with Gasteiger partial charge in [-0.25, -0.2) is 4.79 Å². The largest absolute Gasteiger partial charge is 0.496 e. The van der Waals surface area contributed by atoms with Gasteiger partial charge in [0.1, 0.15) is 16.9 Å². The van der Waals surface area contributed by atoms with Crippen molar-refractivity contribution >= 4 is 21.9 Å². The zero-order chi connectivity index (χ0) is 16.0. The average molecular weight is 306 g/mol. The molecule has 0 aliphatic heterocycles. The molecule has 0 unspecified atom stereocenters. The molecule has 2 aromatic heterocycles. The Morgan fingerprint density at radius 1 is 0.957 bits per heavy atom. The zero-order valence-electron chi connectivity index (χ0n) is 12.8. The zero-order valence-corrected chi connectivity index (χ0v) is 12.8. The van der Waals surface area contributed by atoms with Crippen molar-refractivity contribution in [2.45, 2.75) is 6.92 Å². The second kappa shape index (κ2) is 5.02. The van der Waals surface area contributed by atoms with Crippen molar-refractivity contribution in [1.82, 2.24) is 0 Å². The Bertz CT molecular complexity index is 1090. The van der Waals surface area contributed by atoms with Gasteiger partial charge in [-0.3, -0.25) is 0 Å². The van der Waals surface area contributed by atoms with Crippen LogP contribution in [0.15, 0.2) is 62.4 Å². The van der Waals surface area contributed by atoms with Crippen molar-refractivity contribution in [1.29, 1.82) is 0 Å². The Hall–Kier alpha value is -3.01. The van der Waals surface area contributed by atoms with E-state index in [0.717, 1.165) is 27.5 Å².